The monoisotopic (exact) mass is 338 g/mol. The summed E-state index contributed by atoms with van der Waals surface area (Å²) in [6.45, 7) is 8.26. The van der Waals surface area contributed by atoms with Crippen LogP contribution in [0.4, 0.5) is 0 Å². The van der Waals surface area contributed by atoms with Crippen molar-refractivity contribution < 1.29 is 0 Å². The molecule has 0 unspecified atom stereocenters. The highest BCUT2D eigenvalue weighted by Gasteiger charge is 2.01. The average molecular weight is 338 g/mol. The second kappa shape index (κ2) is 8.01. The molecule has 4 aromatic rings. The zero-order valence-corrected chi connectivity index (χ0v) is 16.1. The van der Waals surface area contributed by atoms with Gasteiger partial charge in [-0.3, -0.25) is 0 Å². The maximum atomic E-state index is 2.26. The summed E-state index contributed by atoms with van der Waals surface area (Å²) in [7, 11) is 0. The third kappa shape index (κ3) is 3.86. The van der Waals surface area contributed by atoms with Crippen LogP contribution in [0.3, 0.4) is 0 Å². The predicted octanol–water partition coefficient (Wildman–Crippen LogP) is 7.81. The van der Waals surface area contributed by atoms with E-state index >= 15 is 0 Å². The third-order valence-electron chi connectivity index (χ3n) is 4.56. The Kier molecular flexibility index (Phi) is 5.53. The van der Waals surface area contributed by atoms with Gasteiger partial charge < -0.3 is 0 Å². The smallest absolute Gasteiger partial charge is 0.0105 e. The minimum Gasteiger partial charge on any atom is -0.0683 e. The molecule has 0 aliphatic carbocycles. The van der Waals surface area contributed by atoms with Crippen LogP contribution in [-0.2, 0) is 0 Å². The van der Waals surface area contributed by atoms with Crippen molar-refractivity contribution in [2.45, 2.75) is 27.7 Å². The van der Waals surface area contributed by atoms with E-state index in [-0.39, 0.29) is 0 Å². The van der Waals surface area contributed by atoms with Crippen molar-refractivity contribution in [3.8, 4) is 0 Å². The Hall–Kier alpha value is -2.86. The number of benzene rings is 4. The lowest BCUT2D eigenvalue weighted by Gasteiger charge is -2.06. The molecule has 0 amide bonds. The molecule has 4 rings (SSSR count). The molecule has 0 spiro atoms. The molecule has 0 radical (unpaired) electrons. The van der Waals surface area contributed by atoms with Gasteiger partial charge in [-0.25, -0.2) is 0 Å². The van der Waals surface area contributed by atoms with E-state index in [9.17, 15) is 0 Å². The van der Waals surface area contributed by atoms with E-state index < -0.39 is 0 Å². The highest BCUT2D eigenvalue weighted by molar-refractivity contribution is 6.08. The fraction of sp³-hybridized carbons (Fsp3) is 0.154. The van der Waals surface area contributed by atoms with Crippen molar-refractivity contribution in [1.29, 1.82) is 0 Å². The minimum atomic E-state index is 1.23. The summed E-state index contributed by atoms with van der Waals surface area (Å²) < 4.78 is 0. The molecular weight excluding hydrogens is 312 g/mol. The molecular formula is C26H26. The van der Waals surface area contributed by atoms with Crippen molar-refractivity contribution in [2.75, 3.05) is 0 Å². The van der Waals surface area contributed by atoms with Crippen LogP contribution in [0.25, 0.3) is 33.7 Å². The first-order chi connectivity index (χ1) is 12.7. The van der Waals surface area contributed by atoms with Gasteiger partial charge in [0.15, 0.2) is 0 Å². The van der Waals surface area contributed by atoms with E-state index in [1.54, 1.807) is 0 Å². The Bertz CT molecular complexity index is 1050. The number of hydrogen-bond acceptors (Lipinski definition) is 0. The molecule has 130 valence electrons. The minimum absolute atomic E-state index is 1.23. The van der Waals surface area contributed by atoms with Gasteiger partial charge in [0.25, 0.3) is 0 Å². The van der Waals surface area contributed by atoms with Gasteiger partial charge >= 0.3 is 0 Å². The lowest BCUT2D eigenvalue weighted by molar-refractivity contribution is 1.46. The van der Waals surface area contributed by atoms with Gasteiger partial charge in [0, 0.05) is 0 Å². The number of rotatable bonds is 2. The zero-order chi connectivity index (χ0) is 18.5. The molecule has 0 N–H and O–H groups in total. The highest BCUT2D eigenvalue weighted by atomic mass is 14.1. The van der Waals surface area contributed by atoms with Gasteiger partial charge in [-0.05, 0) is 52.6 Å². The van der Waals surface area contributed by atoms with Crippen LogP contribution in [0.15, 0.2) is 72.8 Å². The second-order valence-corrected chi connectivity index (χ2v) is 6.51. The molecule has 0 saturated heterocycles. The summed E-state index contributed by atoms with van der Waals surface area (Å²) in [4.78, 5) is 0. The maximum absolute atomic E-state index is 2.26. The molecule has 0 fully saturated rings. The quantitative estimate of drug-likeness (QED) is 0.258. The molecule has 0 heteroatoms. The molecule has 0 aliphatic rings. The fourth-order valence-corrected chi connectivity index (χ4v) is 3.18. The van der Waals surface area contributed by atoms with Crippen LogP contribution in [0.2, 0.25) is 0 Å². The topological polar surface area (TPSA) is 0 Å². The molecule has 0 aromatic heterocycles. The Morgan fingerprint density at radius 3 is 1.69 bits per heavy atom. The number of hydrogen-bond donors (Lipinski definition) is 0. The predicted molar refractivity (Wildman–Crippen MR) is 118 cm³/mol. The average Bonchev–Trinajstić information content (AvgIpc) is 2.68. The first kappa shape index (κ1) is 17.9. The molecule has 0 bridgehead atoms. The second-order valence-electron chi connectivity index (χ2n) is 6.51. The first-order valence-corrected chi connectivity index (χ1v) is 9.37. The Morgan fingerprint density at radius 1 is 0.500 bits per heavy atom. The van der Waals surface area contributed by atoms with Crippen molar-refractivity contribution in [3.05, 3.63) is 95.1 Å². The van der Waals surface area contributed by atoms with Crippen LogP contribution in [0.1, 0.15) is 36.1 Å². The fourth-order valence-electron chi connectivity index (χ4n) is 3.18. The zero-order valence-electron chi connectivity index (χ0n) is 16.1. The number of fused-ring (bicyclic) bond motifs is 3. The Balaban J connectivity index is 0.000000948. The van der Waals surface area contributed by atoms with E-state index in [1.165, 1.54) is 43.8 Å². The molecule has 26 heavy (non-hydrogen) atoms. The van der Waals surface area contributed by atoms with Gasteiger partial charge in [0.1, 0.15) is 0 Å². The summed E-state index contributed by atoms with van der Waals surface area (Å²) in [5.74, 6) is 0. The molecule has 0 aliphatic heterocycles. The first-order valence-electron chi connectivity index (χ1n) is 9.37. The Labute approximate surface area is 156 Å². The molecule has 0 heterocycles. The van der Waals surface area contributed by atoms with Crippen LogP contribution >= 0.6 is 0 Å². The standard InChI is InChI=1S/C24H20.C2H6/c1-17-3-6-19(7-4-17)8-9-20-10-14-24-22(16-20)12-11-21-15-18(2)5-13-23(21)24;1-2/h3-16H,1-2H3;1-2H3. The van der Waals surface area contributed by atoms with Gasteiger partial charge in [-0.15, -0.1) is 0 Å². The lowest BCUT2D eigenvalue weighted by atomic mass is 9.98. The largest absolute Gasteiger partial charge is 0.0683 e. The van der Waals surface area contributed by atoms with Crippen LogP contribution < -0.4 is 0 Å². The summed E-state index contributed by atoms with van der Waals surface area (Å²) in [5.41, 5.74) is 5.06. The van der Waals surface area contributed by atoms with Gasteiger partial charge in [-0.2, -0.15) is 0 Å². The van der Waals surface area contributed by atoms with E-state index in [1.807, 2.05) is 13.8 Å². The highest BCUT2D eigenvalue weighted by Crippen LogP contribution is 2.27. The van der Waals surface area contributed by atoms with Gasteiger partial charge in [0.2, 0.25) is 0 Å². The summed E-state index contributed by atoms with van der Waals surface area (Å²) in [5, 5.41) is 5.25. The van der Waals surface area contributed by atoms with Crippen LogP contribution in [-0.4, -0.2) is 0 Å². The van der Waals surface area contributed by atoms with Crippen molar-refractivity contribution in [2.24, 2.45) is 0 Å². The summed E-state index contributed by atoms with van der Waals surface area (Å²) in [6, 6.07) is 26.4. The molecule has 0 nitrogen and oxygen atoms in total. The molecule has 0 atom stereocenters. The van der Waals surface area contributed by atoms with E-state index in [4.69, 9.17) is 0 Å². The normalized spacial score (nSPS) is 10.9. The van der Waals surface area contributed by atoms with Gasteiger partial charge in [-0.1, -0.05) is 104 Å². The third-order valence-corrected chi connectivity index (χ3v) is 4.56. The molecule has 0 saturated carbocycles. The summed E-state index contributed by atoms with van der Waals surface area (Å²) >= 11 is 0. The van der Waals surface area contributed by atoms with E-state index in [2.05, 4.69) is 98.8 Å². The van der Waals surface area contributed by atoms with Crippen LogP contribution in [0.5, 0.6) is 0 Å². The number of aryl methyl sites for hydroxylation is 2. The van der Waals surface area contributed by atoms with Crippen LogP contribution in [0, 0.1) is 13.8 Å². The van der Waals surface area contributed by atoms with Crippen molar-refractivity contribution in [1.82, 2.24) is 0 Å². The maximum Gasteiger partial charge on any atom is -0.0105 e. The van der Waals surface area contributed by atoms with Crippen molar-refractivity contribution in [3.63, 3.8) is 0 Å². The molecule has 4 aromatic carbocycles. The van der Waals surface area contributed by atoms with Crippen molar-refractivity contribution >= 4 is 33.7 Å². The van der Waals surface area contributed by atoms with E-state index in [0.29, 0.717) is 0 Å². The van der Waals surface area contributed by atoms with E-state index in [0.717, 1.165) is 0 Å². The van der Waals surface area contributed by atoms with Gasteiger partial charge in [0.05, 0.1) is 0 Å². The Morgan fingerprint density at radius 2 is 1.00 bits per heavy atom. The summed E-state index contributed by atoms with van der Waals surface area (Å²) in [6.07, 6.45) is 4.36. The lowest BCUT2D eigenvalue weighted by Crippen LogP contribution is -1.81. The SMILES string of the molecule is CC.Cc1ccc(C=Cc2ccc3c(ccc4cc(C)ccc43)c2)cc1.